The van der Waals surface area contributed by atoms with Crippen LogP contribution in [-0.4, -0.2) is 15.6 Å². The van der Waals surface area contributed by atoms with Crippen molar-refractivity contribution in [2.45, 2.75) is 11.4 Å². The highest BCUT2D eigenvalue weighted by molar-refractivity contribution is 7.80. The molecular weight excluding hydrogens is 183 g/mol. The number of hydrogen-bond acceptors (Lipinski definition) is 1. The molecule has 10 heavy (non-hydrogen) atoms. The standard InChI is InChI=1S/C2F5O2S/c3-1(4,5)2(6,7)10(8)9. The maximum atomic E-state index is 11.3. The Labute approximate surface area is 54.3 Å². The monoisotopic (exact) mass is 183 g/mol. The Kier molecular flexibility index (Phi) is 2.36. The fraction of sp³-hybridized carbons (Fsp3) is 1.00. The lowest BCUT2D eigenvalue weighted by Crippen LogP contribution is -2.39. The van der Waals surface area contributed by atoms with Gasteiger partial charge in [0.15, 0.2) is 0 Å². The molecule has 0 heterocycles. The molecule has 0 aromatic rings. The van der Waals surface area contributed by atoms with Gasteiger partial charge in [0.2, 0.25) is 0 Å². The number of alkyl halides is 5. The minimum atomic E-state index is -6.03. The second kappa shape index (κ2) is 2.42. The highest BCUT2D eigenvalue weighted by atomic mass is 32.2. The first-order chi connectivity index (χ1) is 4.19. The summed E-state index contributed by atoms with van der Waals surface area (Å²) in [6.07, 6.45) is -6.03. The molecular formula is C2F5O2S. The lowest BCUT2D eigenvalue weighted by atomic mass is 10.7. The van der Waals surface area contributed by atoms with Gasteiger partial charge in [-0.05, 0) is 0 Å². The van der Waals surface area contributed by atoms with Crippen LogP contribution < -0.4 is 0 Å². The first-order valence-corrected chi connectivity index (χ1v) is 2.81. The molecule has 0 aromatic carbocycles. The van der Waals surface area contributed by atoms with Crippen molar-refractivity contribution in [2.75, 3.05) is 0 Å². The van der Waals surface area contributed by atoms with Gasteiger partial charge in [0.25, 0.3) is 11.1 Å². The molecule has 61 valence electrons. The summed E-state index contributed by atoms with van der Waals surface area (Å²) in [5.41, 5.74) is 0. The summed E-state index contributed by atoms with van der Waals surface area (Å²) in [6, 6.07) is 0. The zero-order valence-electron chi connectivity index (χ0n) is 4.11. The quantitative estimate of drug-likeness (QED) is 0.563. The van der Waals surface area contributed by atoms with Crippen LogP contribution in [0.4, 0.5) is 22.0 Å². The van der Waals surface area contributed by atoms with Crippen molar-refractivity contribution in [3.8, 4) is 0 Å². The van der Waals surface area contributed by atoms with Crippen LogP contribution in [0.2, 0.25) is 0 Å². The van der Waals surface area contributed by atoms with Crippen LogP contribution >= 0.6 is 0 Å². The Balaban J connectivity index is 4.57. The van der Waals surface area contributed by atoms with Crippen molar-refractivity contribution < 1.29 is 30.7 Å². The molecule has 8 heteroatoms. The molecule has 1 radical (unpaired) electrons. The van der Waals surface area contributed by atoms with E-state index in [9.17, 15) is 30.7 Å². The molecule has 0 bridgehead atoms. The minimum absolute atomic E-state index is 4.45. The zero-order chi connectivity index (χ0) is 8.58. The molecule has 2 nitrogen and oxygen atoms in total. The molecule has 0 spiro atoms. The van der Waals surface area contributed by atoms with Gasteiger partial charge in [0.05, 0.1) is 0 Å². The molecule has 1 unspecified atom stereocenters. The molecule has 0 fully saturated rings. The van der Waals surface area contributed by atoms with E-state index in [0.29, 0.717) is 0 Å². The van der Waals surface area contributed by atoms with E-state index in [0.717, 1.165) is 0 Å². The van der Waals surface area contributed by atoms with E-state index in [4.69, 9.17) is 0 Å². The molecule has 0 N–H and O–H groups in total. The summed E-state index contributed by atoms with van der Waals surface area (Å²) in [5, 5.41) is -5.65. The first-order valence-electron chi connectivity index (χ1n) is 1.73. The van der Waals surface area contributed by atoms with Crippen molar-refractivity contribution in [3.63, 3.8) is 0 Å². The van der Waals surface area contributed by atoms with Crippen molar-refractivity contribution in [2.24, 2.45) is 0 Å². The van der Waals surface area contributed by atoms with E-state index >= 15 is 0 Å². The Morgan fingerprint density at radius 2 is 1.30 bits per heavy atom. The van der Waals surface area contributed by atoms with Gasteiger partial charge in [-0.15, -0.1) is 4.55 Å². The molecule has 0 amide bonds. The average molecular weight is 183 g/mol. The molecule has 0 saturated heterocycles. The summed E-state index contributed by atoms with van der Waals surface area (Å²) in [5.74, 6) is 0. The first kappa shape index (κ1) is 9.76. The molecule has 0 aliphatic carbocycles. The zero-order valence-corrected chi connectivity index (χ0v) is 4.93. The summed E-state index contributed by atoms with van der Waals surface area (Å²) in [7, 11) is 0. The fourth-order valence-corrected chi connectivity index (χ4v) is 0.283. The Bertz CT molecular complexity index is 150. The van der Waals surface area contributed by atoms with Crippen LogP contribution in [0.15, 0.2) is 0 Å². The summed E-state index contributed by atoms with van der Waals surface area (Å²) >= 11 is -4.45. The van der Waals surface area contributed by atoms with Crippen LogP contribution in [0, 0.1) is 0 Å². The van der Waals surface area contributed by atoms with E-state index in [2.05, 4.69) is 0 Å². The van der Waals surface area contributed by atoms with Gasteiger partial charge in [-0.3, -0.25) is 0 Å². The van der Waals surface area contributed by atoms with Gasteiger partial charge in [0, 0.05) is 0 Å². The van der Waals surface area contributed by atoms with E-state index in [1.807, 2.05) is 0 Å². The number of halogens is 5. The fourth-order valence-electron chi connectivity index (χ4n) is 0.0945. The molecule has 1 atom stereocenters. The third kappa shape index (κ3) is 1.63. The van der Waals surface area contributed by atoms with Crippen LogP contribution in [0.1, 0.15) is 0 Å². The lowest BCUT2D eigenvalue weighted by molar-refractivity contribution is -0.242. The van der Waals surface area contributed by atoms with Gasteiger partial charge in [-0.1, -0.05) is 0 Å². The van der Waals surface area contributed by atoms with Gasteiger partial charge >= 0.3 is 11.4 Å². The summed E-state index contributed by atoms with van der Waals surface area (Å²) in [4.78, 5) is 0. The van der Waals surface area contributed by atoms with Crippen molar-refractivity contribution in [3.05, 3.63) is 0 Å². The minimum Gasteiger partial charge on any atom is -0.220 e. The van der Waals surface area contributed by atoms with E-state index in [-0.39, 0.29) is 0 Å². The third-order valence-corrected chi connectivity index (χ3v) is 1.19. The van der Waals surface area contributed by atoms with E-state index in [1.165, 1.54) is 0 Å². The van der Waals surface area contributed by atoms with Gasteiger partial charge in [-0.2, -0.15) is 22.0 Å². The van der Waals surface area contributed by atoms with Crippen molar-refractivity contribution >= 4 is 11.1 Å². The summed E-state index contributed by atoms with van der Waals surface area (Å²) in [6.45, 7) is 0. The third-order valence-electron chi connectivity index (χ3n) is 0.539. The predicted molar refractivity (Wildman–Crippen MR) is 19.8 cm³/mol. The topological polar surface area (TPSA) is 37.0 Å². The normalized spacial score (nSPS) is 17.0. The van der Waals surface area contributed by atoms with Crippen LogP contribution in [0.3, 0.4) is 0 Å². The number of rotatable bonds is 1. The van der Waals surface area contributed by atoms with Gasteiger partial charge < -0.3 is 0 Å². The summed E-state index contributed by atoms with van der Waals surface area (Å²) < 4.78 is 73.8. The molecule has 0 aliphatic rings. The maximum absolute atomic E-state index is 11.3. The highest BCUT2D eigenvalue weighted by Gasteiger charge is 2.63. The largest absolute Gasteiger partial charge is 0.469 e. The van der Waals surface area contributed by atoms with Gasteiger partial charge in [-0.25, -0.2) is 4.21 Å². The maximum Gasteiger partial charge on any atom is 0.469 e. The van der Waals surface area contributed by atoms with Crippen LogP contribution in [0.5, 0.6) is 0 Å². The van der Waals surface area contributed by atoms with Gasteiger partial charge in [0.1, 0.15) is 0 Å². The molecule has 0 aromatic heterocycles. The molecule has 0 aliphatic heterocycles. The van der Waals surface area contributed by atoms with Crippen molar-refractivity contribution in [1.29, 1.82) is 0 Å². The molecule has 0 rings (SSSR count). The highest BCUT2D eigenvalue weighted by Crippen LogP contribution is 2.37. The number of hydrogen-bond donors (Lipinski definition) is 0. The second-order valence-electron chi connectivity index (χ2n) is 1.25. The van der Waals surface area contributed by atoms with Crippen molar-refractivity contribution in [1.82, 2.24) is 0 Å². The second-order valence-corrected chi connectivity index (χ2v) is 2.23. The van der Waals surface area contributed by atoms with E-state index in [1.54, 1.807) is 0 Å². The lowest BCUT2D eigenvalue weighted by Gasteiger charge is -2.13. The Morgan fingerprint density at radius 3 is 1.30 bits per heavy atom. The predicted octanol–water partition coefficient (Wildman–Crippen LogP) is 1.24. The van der Waals surface area contributed by atoms with Crippen LogP contribution in [0.25, 0.3) is 0 Å². The smallest absolute Gasteiger partial charge is 0.220 e. The van der Waals surface area contributed by atoms with Crippen LogP contribution in [-0.2, 0) is 15.6 Å². The molecule has 0 saturated carbocycles. The Morgan fingerprint density at radius 1 is 1.00 bits per heavy atom. The Hall–Kier alpha value is -0.240. The SMILES string of the molecule is [O]S(=O)C(F)(F)C(F)(F)F. The van der Waals surface area contributed by atoms with E-state index < -0.39 is 22.5 Å². The average Bonchev–Trinajstić information content (AvgIpc) is 1.62.